The lowest BCUT2D eigenvalue weighted by atomic mass is 9.94. The fourth-order valence-corrected chi connectivity index (χ4v) is 2.13. The molecule has 0 heterocycles. The zero-order valence-electron chi connectivity index (χ0n) is 13.8. The first-order valence-corrected chi connectivity index (χ1v) is 8.02. The van der Waals surface area contributed by atoms with Crippen molar-refractivity contribution in [2.75, 3.05) is 26.9 Å². The summed E-state index contributed by atoms with van der Waals surface area (Å²) in [5.74, 6) is -0.171. The maximum atomic E-state index is 11.9. The van der Waals surface area contributed by atoms with Crippen LogP contribution in [0.3, 0.4) is 0 Å². The minimum atomic E-state index is -0.563. The second-order valence-electron chi connectivity index (χ2n) is 5.53. The predicted molar refractivity (Wildman–Crippen MR) is 82.9 cm³/mol. The van der Waals surface area contributed by atoms with Gasteiger partial charge in [-0.25, -0.2) is 0 Å². The van der Waals surface area contributed by atoms with E-state index in [0.29, 0.717) is 0 Å². The van der Waals surface area contributed by atoms with Crippen LogP contribution < -0.4 is 5.32 Å². The molecule has 0 rings (SSSR count). The predicted octanol–water partition coefficient (Wildman–Crippen LogP) is 3.29. The molecule has 0 aliphatic carbocycles. The Bertz CT molecular complexity index is 246. The van der Waals surface area contributed by atoms with Crippen molar-refractivity contribution in [2.45, 2.75) is 71.3 Å². The van der Waals surface area contributed by atoms with Gasteiger partial charge in [0.2, 0.25) is 0 Å². The smallest absolute Gasteiger partial charge is 0.325 e. The Kier molecular flexibility index (Phi) is 11.8. The Labute approximate surface area is 124 Å². The molecule has 120 valence electrons. The molecule has 20 heavy (non-hydrogen) atoms. The number of esters is 1. The largest absolute Gasteiger partial charge is 0.468 e. The summed E-state index contributed by atoms with van der Waals surface area (Å²) in [5, 5.41) is 3.30. The Hall–Kier alpha value is -0.610. The van der Waals surface area contributed by atoms with Crippen LogP contribution in [0.1, 0.15) is 65.7 Å². The van der Waals surface area contributed by atoms with Gasteiger partial charge in [-0.15, -0.1) is 0 Å². The van der Waals surface area contributed by atoms with Gasteiger partial charge in [0.15, 0.2) is 0 Å². The van der Waals surface area contributed by atoms with E-state index in [-0.39, 0.29) is 5.97 Å². The molecular weight excluding hydrogens is 254 g/mol. The molecule has 0 bridgehead atoms. The lowest BCUT2D eigenvalue weighted by Gasteiger charge is -2.28. The van der Waals surface area contributed by atoms with Crippen molar-refractivity contribution in [3.63, 3.8) is 0 Å². The van der Waals surface area contributed by atoms with Crippen LogP contribution in [0.15, 0.2) is 0 Å². The van der Waals surface area contributed by atoms with E-state index in [1.165, 1.54) is 20.0 Å². The highest BCUT2D eigenvalue weighted by molar-refractivity contribution is 5.80. The lowest BCUT2D eigenvalue weighted by molar-refractivity contribution is -0.148. The number of carbonyl (C=O) groups is 1. The minimum absolute atomic E-state index is 0.171. The van der Waals surface area contributed by atoms with Gasteiger partial charge in [-0.1, -0.05) is 26.7 Å². The summed E-state index contributed by atoms with van der Waals surface area (Å²) in [6.07, 6.45) is 7.37. The molecule has 0 saturated heterocycles. The first-order valence-electron chi connectivity index (χ1n) is 8.02. The van der Waals surface area contributed by atoms with Gasteiger partial charge in [0.1, 0.15) is 5.54 Å². The van der Waals surface area contributed by atoms with E-state index in [2.05, 4.69) is 19.2 Å². The van der Waals surface area contributed by atoms with Gasteiger partial charge in [-0.05, 0) is 45.6 Å². The SMILES string of the molecule is CCCCCOCCCCC(C)(NCCC)C(=O)OC. The molecule has 0 amide bonds. The van der Waals surface area contributed by atoms with E-state index < -0.39 is 5.54 Å². The standard InChI is InChI=1S/C16H33NO3/c1-5-7-9-13-20-14-10-8-11-16(3,15(18)19-4)17-12-6-2/h17H,5-14H2,1-4H3. The number of hydrogen-bond acceptors (Lipinski definition) is 4. The molecule has 0 aromatic heterocycles. The van der Waals surface area contributed by atoms with Gasteiger partial charge < -0.3 is 14.8 Å². The fraction of sp³-hybridized carbons (Fsp3) is 0.938. The van der Waals surface area contributed by atoms with Gasteiger partial charge in [-0.3, -0.25) is 4.79 Å². The molecule has 1 atom stereocenters. The number of hydrogen-bond donors (Lipinski definition) is 1. The first kappa shape index (κ1) is 19.4. The van der Waals surface area contributed by atoms with Crippen molar-refractivity contribution in [1.29, 1.82) is 0 Å². The molecule has 0 aliphatic heterocycles. The molecule has 1 N–H and O–H groups in total. The van der Waals surface area contributed by atoms with Crippen molar-refractivity contribution >= 4 is 5.97 Å². The maximum absolute atomic E-state index is 11.9. The number of nitrogens with one attached hydrogen (secondary N) is 1. The van der Waals surface area contributed by atoms with Gasteiger partial charge in [-0.2, -0.15) is 0 Å². The summed E-state index contributed by atoms with van der Waals surface area (Å²) in [5.41, 5.74) is -0.563. The second-order valence-corrected chi connectivity index (χ2v) is 5.53. The molecule has 0 fully saturated rings. The average molecular weight is 287 g/mol. The molecule has 0 saturated carbocycles. The van der Waals surface area contributed by atoms with E-state index >= 15 is 0 Å². The van der Waals surface area contributed by atoms with Crippen LogP contribution in [0, 0.1) is 0 Å². The molecule has 4 nitrogen and oxygen atoms in total. The van der Waals surface area contributed by atoms with Crippen molar-refractivity contribution in [3.8, 4) is 0 Å². The number of unbranched alkanes of at least 4 members (excludes halogenated alkanes) is 3. The number of ether oxygens (including phenoxy) is 2. The highest BCUT2D eigenvalue weighted by Gasteiger charge is 2.32. The van der Waals surface area contributed by atoms with Crippen LogP contribution in [0.2, 0.25) is 0 Å². The molecule has 1 unspecified atom stereocenters. The zero-order chi connectivity index (χ0) is 15.3. The highest BCUT2D eigenvalue weighted by Crippen LogP contribution is 2.16. The molecule has 4 heteroatoms. The van der Waals surface area contributed by atoms with Gasteiger partial charge >= 0.3 is 5.97 Å². The summed E-state index contributed by atoms with van der Waals surface area (Å²) < 4.78 is 10.5. The summed E-state index contributed by atoms with van der Waals surface area (Å²) >= 11 is 0. The summed E-state index contributed by atoms with van der Waals surface area (Å²) in [4.78, 5) is 11.9. The topological polar surface area (TPSA) is 47.6 Å². The van der Waals surface area contributed by atoms with Crippen molar-refractivity contribution < 1.29 is 14.3 Å². The third-order valence-electron chi connectivity index (χ3n) is 3.51. The zero-order valence-corrected chi connectivity index (χ0v) is 13.8. The normalized spacial score (nSPS) is 14.0. The quantitative estimate of drug-likeness (QED) is 0.417. The van der Waals surface area contributed by atoms with Crippen LogP contribution in [0.5, 0.6) is 0 Å². The third kappa shape index (κ3) is 8.54. The van der Waals surface area contributed by atoms with Crippen LogP contribution in [0.4, 0.5) is 0 Å². The van der Waals surface area contributed by atoms with E-state index in [4.69, 9.17) is 9.47 Å². The maximum Gasteiger partial charge on any atom is 0.325 e. The Balaban J connectivity index is 3.82. The van der Waals surface area contributed by atoms with Gasteiger partial charge in [0.05, 0.1) is 7.11 Å². The van der Waals surface area contributed by atoms with Crippen LogP contribution in [-0.4, -0.2) is 38.4 Å². The molecule has 0 radical (unpaired) electrons. The van der Waals surface area contributed by atoms with Crippen molar-refractivity contribution in [3.05, 3.63) is 0 Å². The lowest BCUT2D eigenvalue weighted by Crippen LogP contribution is -2.50. The van der Waals surface area contributed by atoms with E-state index in [9.17, 15) is 4.79 Å². The average Bonchev–Trinajstić information content (AvgIpc) is 2.47. The van der Waals surface area contributed by atoms with Gasteiger partial charge in [0, 0.05) is 13.2 Å². The summed E-state index contributed by atoms with van der Waals surface area (Å²) in [6, 6.07) is 0. The number of rotatable bonds is 13. The first-order chi connectivity index (χ1) is 9.60. The second kappa shape index (κ2) is 12.2. The molecule has 0 aromatic carbocycles. The molecule has 0 spiro atoms. The summed E-state index contributed by atoms with van der Waals surface area (Å²) in [7, 11) is 1.45. The van der Waals surface area contributed by atoms with E-state index in [0.717, 1.165) is 51.9 Å². The van der Waals surface area contributed by atoms with Gasteiger partial charge in [0.25, 0.3) is 0 Å². The Morgan fingerprint density at radius 2 is 1.70 bits per heavy atom. The van der Waals surface area contributed by atoms with Crippen molar-refractivity contribution in [1.82, 2.24) is 5.32 Å². The monoisotopic (exact) mass is 287 g/mol. The molecule has 0 aliphatic rings. The van der Waals surface area contributed by atoms with Crippen LogP contribution in [0.25, 0.3) is 0 Å². The number of methoxy groups -OCH3 is 1. The Morgan fingerprint density at radius 1 is 1.05 bits per heavy atom. The molecular formula is C16H33NO3. The molecule has 0 aromatic rings. The van der Waals surface area contributed by atoms with Crippen molar-refractivity contribution in [2.24, 2.45) is 0 Å². The fourth-order valence-electron chi connectivity index (χ4n) is 2.13. The van der Waals surface area contributed by atoms with E-state index in [1.807, 2.05) is 6.92 Å². The minimum Gasteiger partial charge on any atom is -0.468 e. The van der Waals surface area contributed by atoms with Crippen LogP contribution in [-0.2, 0) is 14.3 Å². The highest BCUT2D eigenvalue weighted by atomic mass is 16.5. The number of carbonyl (C=O) groups excluding carboxylic acids is 1. The third-order valence-corrected chi connectivity index (χ3v) is 3.51. The van der Waals surface area contributed by atoms with Crippen LogP contribution >= 0.6 is 0 Å². The summed E-state index contributed by atoms with van der Waals surface area (Å²) in [6.45, 7) is 8.69. The Morgan fingerprint density at radius 3 is 2.25 bits per heavy atom. The van der Waals surface area contributed by atoms with E-state index in [1.54, 1.807) is 0 Å².